The van der Waals surface area contributed by atoms with Crippen LogP contribution in [0.25, 0.3) is 0 Å². The molecule has 0 spiro atoms. The van der Waals surface area contributed by atoms with Crippen molar-refractivity contribution in [3.63, 3.8) is 0 Å². The van der Waals surface area contributed by atoms with Crippen molar-refractivity contribution >= 4 is 17.5 Å². The van der Waals surface area contributed by atoms with Crippen LogP contribution in [0.15, 0.2) is 48.6 Å². The normalized spacial score (nSPS) is 13.0. The highest BCUT2D eigenvalue weighted by Gasteiger charge is 2.28. The number of carbonyl (C=O) groups excluding carboxylic acids is 2. The Morgan fingerprint density at radius 1 is 1.24 bits per heavy atom. The van der Waals surface area contributed by atoms with Gasteiger partial charge in [-0.25, -0.2) is 0 Å². The van der Waals surface area contributed by atoms with Gasteiger partial charge in [-0.15, -0.1) is 0 Å². The highest BCUT2D eigenvalue weighted by atomic mass is 16.5. The second-order valence-electron chi connectivity index (χ2n) is 7.14. The SMILES string of the molecule is COc1ccc(C(=O)N2Cc3cccc(NC(=O)/C=C/CN(C)C)c3C2)c(O)c1. The first-order valence-electron chi connectivity index (χ1n) is 9.28. The maximum absolute atomic E-state index is 12.9. The van der Waals surface area contributed by atoms with Crippen LogP contribution in [0.3, 0.4) is 0 Å². The molecule has 0 bridgehead atoms. The summed E-state index contributed by atoms with van der Waals surface area (Å²) in [4.78, 5) is 28.7. The second kappa shape index (κ2) is 8.79. The molecule has 0 saturated carbocycles. The lowest BCUT2D eigenvalue weighted by atomic mass is 10.1. The summed E-state index contributed by atoms with van der Waals surface area (Å²) in [6.07, 6.45) is 3.30. The third-order valence-electron chi connectivity index (χ3n) is 4.70. The van der Waals surface area contributed by atoms with Crippen molar-refractivity contribution in [2.45, 2.75) is 13.1 Å². The number of hydrogen-bond acceptors (Lipinski definition) is 5. The first-order valence-corrected chi connectivity index (χ1v) is 9.28. The molecule has 2 aromatic rings. The van der Waals surface area contributed by atoms with Gasteiger partial charge < -0.3 is 25.0 Å². The van der Waals surface area contributed by atoms with Gasteiger partial charge in [-0.1, -0.05) is 18.2 Å². The summed E-state index contributed by atoms with van der Waals surface area (Å²) in [7, 11) is 5.36. The fourth-order valence-electron chi connectivity index (χ4n) is 3.22. The van der Waals surface area contributed by atoms with E-state index in [1.165, 1.54) is 19.3 Å². The summed E-state index contributed by atoms with van der Waals surface area (Å²) in [5, 5.41) is 13.1. The molecule has 7 heteroatoms. The predicted molar refractivity (Wildman–Crippen MR) is 111 cm³/mol. The van der Waals surface area contributed by atoms with Gasteiger partial charge in [0.1, 0.15) is 11.5 Å². The van der Waals surface area contributed by atoms with Crippen LogP contribution in [0, 0.1) is 0 Å². The van der Waals surface area contributed by atoms with Crippen LogP contribution >= 0.6 is 0 Å². The topological polar surface area (TPSA) is 82.1 Å². The quantitative estimate of drug-likeness (QED) is 0.735. The molecule has 2 aromatic carbocycles. The van der Waals surface area contributed by atoms with Gasteiger partial charge in [-0.05, 0) is 37.9 Å². The van der Waals surface area contributed by atoms with Gasteiger partial charge in [0.2, 0.25) is 5.91 Å². The van der Waals surface area contributed by atoms with Crippen molar-refractivity contribution in [1.29, 1.82) is 0 Å². The number of hydrogen-bond donors (Lipinski definition) is 2. The number of phenols is 1. The van der Waals surface area contributed by atoms with Gasteiger partial charge in [0.05, 0.1) is 12.7 Å². The summed E-state index contributed by atoms with van der Waals surface area (Å²) in [5.41, 5.74) is 2.79. The number of benzene rings is 2. The lowest BCUT2D eigenvalue weighted by Crippen LogP contribution is -2.25. The molecular weight excluding hydrogens is 370 g/mol. The molecule has 0 aliphatic carbocycles. The summed E-state index contributed by atoms with van der Waals surface area (Å²) >= 11 is 0. The fraction of sp³-hybridized carbons (Fsp3) is 0.273. The molecule has 1 heterocycles. The van der Waals surface area contributed by atoms with Gasteiger partial charge in [0.25, 0.3) is 5.91 Å². The van der Waals surface area contributed by atoms with Crippen molar-refractivity contribution in [3.05, 3.63) is 65.2 Å². The highest BCUT2D eigenvalue weighted by molar-refractivity contribution is 6.00. The Morgan fingerprint density at radius 2 is 2.03 bits per heavy atom. The molecule has 1 aliphatic heterocycles. The van der Waals surface area contributed by atoms with Crippen molar-refractivity contribution in [3.8, 4) is 11.5 Å². The van der Waals surface area contributed by atoms with Crippen LogP contribution in [0.1, 0.15) is 21.5 Å². The molecule has 7 nitrogen and oxygen atoms in total. The molecule has 152 valence electrons. The molecule has 2 N–H and O–H groups in total. The van der Waals surface area contributed by atoms with Gasteiger partial charge >= 0.3 is 0 Å². The number of likely N-dealkylation sites (N-methyl/N-ethyl adjacent to an activating group) is 1. The Kier molecular flexibility index (Phi) is 6.19. The first-order chi connectivity index (χ1) is 13.9. The number of nitrogens with one attached hydrogen (secondary N) is 1. The number of phenolic OH excluding ortho intramolecular Hbond substituents is 1. The molecule has 0 radical (unpaired) electrons. The van der Waals surface area contributed by atoms with E-state index in [2.05, 4.69) is 5.32 Å². The molecule has 29 heavy (non-hydrogen) atoms. The first kappa shape index (κ1) is 20.4. The number of carbonyl (C=O) groups is 2. The molecule has 0 aromatic heterocycles. The summed E-state index contributed by atoms with van der Waals surface area (Å²) < 4.78 is 5.07. The predicted octanol–water partition coefficient (Wildman–Crippen LogP) is 2.61. The number of aromatic hydroxyl groups is 1. The Bertz CT molecular complexity index is 953. The third kappa shape index (κ3) is 4.75. The number of anilines is 1. The largest absolute Gasteiger partial charge is 0.507 e. The Labute approximate surface area is 170 Å². The van der Waals surface area contributed by atoms with E-state index in [0.717, 1.165) is 11.1 Å². The number of nitrogens with zero attached hydrogens (tertiary/aromatic N) is 2. The Morgan fingerprint density at radius 3 is 2.72 bits per heavy atom. The van der Waals surface area contributed by atoms with Crippen LogP contribution in [-0.4, -0.2) is 54.5 Å². The molecule has 2 amide bonds. The van der Waals surface area contributed by atoms with E-state index in [1.54, 1.807) is 23.1 Å². The van der Waals surface area contributed by atoms with E-state index in [0.29, 0.717) is 31.1 Å². The molecule has 0 unspecified atom stereocenters. The van der Waals surface area contributed by atoms with Crippen LogP contribution in [0.5, 0.6) is 11.5 Å². The molecule has 3 rings (SSSR count). The van der Waals surface area contributed by atoms with Crippen molar-refractivity contribution < 1.29 is 19.4 Å². The Hall–Kier alpha value is -3.32. The lowest BCUT2D eigenvalue weighted by Gasteiger charge is -2.17. The molecule has 0 saturated heterocycles. The minimum atomic E-state index is -0.274. The lowest BCUT2D eigenvalue weighted by molar-refractivity contribution is -0.111. The van der Waals surface area contributed by atoms with Crippen molar-refractivity contribution in [1.82, 2.24) is 9.80 Å². The molecule has 1 aliphatic rings. The minimum Gasteiger partial charge on any atom is -0.507 e. The number of methoxy groups -OCH3 is 1. The zero-order valence-corrected chi connectivity index (χ0v) is 16.8. The summed E-state index contributed by atoms with van der Waals surface area (Å²) in [5.74, 6) is -0.122. The van der Waals surface area contributed by atoms with E-state index >= 15 is 0 Å². The summed E-state index contributed by atoms with van der Waals surface area (Å²) in [6, 6.07) is 10.2. The maximum Gasteiger partial charge on any atom is 0.258 e. The van der Waals surface area contributed by atoms with E-state index < -0.39 is 0 Å². The molecular formula is C22H25N3O4. The summed E-state index contributed by atoms with van der Waals surface area (Å²) in [6.45, 7) is 1.45. The Balaban J connectivity index is 1.74. The van der Waals surface area contributed by atoms with E-state index in [4.69, 9.17) is 4.74 Å². The fourth-order valence-corrected chi connectivity index (χ4v) is 3.22. The van der Waals surface area contributed by atoms with E-state index in [9.17, 15) is 14.7 Å². The number of rotatable bonds is 6. The number of amides is 2. The van der Waals surface area contributed by atoms with Gasteiger partial charge in [0, 0.05) is 43.0 Å². The average Bonchev–Trinajstić information content (AvgIpc) is 3.12. The van der Waals surface area contributed by atoms with Crippen LogP contribution in [0.2, 0.25) is 0 Å². The van der Waals surface area contributed by atoms with Crippen LogP contribution in [0.4, 0.5) is 5.69 Å². The van der Waals surface area contributed by atoms with Crippen molar-refractivity contribution in [2.24, 2.45) is 0 Å². The molecule has 0 fully saturated rings. The van der Waals surface area contributed by atoms with Gasteiger partial charge in [-0.2, -0.15) is 0 Å². The van der Waals surface area contributed by atoms with Crippen molar-refractivity contribution in [2.75, 3.05) is 33.1 Å². The average molecular weight is 395 g/mol. The van der Waals surface area contributed by atoms with Crippen LogP contribution < -0.4 is 10.1 Å². The third-order valence-corrected chi connectivity index (χ3v) is 4.70. The highest BCUT2D eigenvalue weighted by Crippen LogP contribution is 2.32. The van der Waals surface area contributed by atoms with E-state index in [-0.39, 0.29) is 23.1 Å². The molecule has 0 atom stereocenters. The second-order valence-corrected chi connectivity index (χ2v) is 7.14. The van der Waals surface area contributed by atoms with Gasteiger partial charge in [-0.3, -0.25) is 9.59 Å². The van der Waals surface area contributed by atoms with E-state index in [1.807, 2.05) is 37.2 Å². The zero-order valence-electron chi connectivity index (χ0n) is 16.8. The minimum absolute atomic E-state index is 0.120. The standard InChI is InChI=1S/C22H25N3O4/c1-24(2)11-5-8-21(27)23-19-7-4-6-15-13-25(14-18(15)19)22(28)17-10-9-16(29-3)12-20(17)26/h4-10,12,26H,11,13-14H2,1-3H3,(H,23,27)/b8-5+. The van der Waals surface area contributed by atoms with Crippen LogP contribution in [-0.2, 0) is 17.9 Å². The zero-order chi connectivity index (χ0) is 21.0. The number of ether oxygens (including phenoxy) is 1. The monoisotopic (exact) mass is 395 g/mol. The number of fused-ring (bicyclic) bond motifs is 1. The van der Waals surface area contributed by atoms with Gasteiger partial charge in [0.15, 0.2) is 0 Å². The maximum atomic E-state index is 12.9. The smallest absolute Gasteiger partial charge is 0.258 e.